The van der Waals surface area contributed by atoms with E-state index in [0.717, 1.165) is 64.6 Å². The fourth-order valence-corrected chi connectivity index (χ4v) is 5.08. The maximum Gasteiger partial charge on any atom is 0.223 e. The summed E-state index contributed by atoms with van der Waals surface area (Å²) in [6, 6.07) is -0.111. The number of amides is 2. The van der Waals surface area contributed by atoms with Gasteiger partial charge in [0.25, 0.3) is 0 Å². The Morgan fingerprint density at radius 3 is 2.43 bits per heavy atom. The molecule has 1 aliphatic carbocycles. The van der Waals surface area contributed by atoms with Crippen LogP contribution in [0.15, 0.2) is 0 Å². The Morgan fingerprint density at radius 1 is 0.967 bits per heavy atom. The predicted octanol–water partition coefficient (Wildman–Crippen LogP) is 1.97. The van der Waals surface area contributed by atoms with Gasteiger partial charge >= 0.3 is 0 Å². The maximum atomic E-state index is 12.5. The standard InChI is InChI=1S/C23H41N3O4/c27-17-21-20(25-23(29)18-7-3-1-4-8-18)10-9-19(30-21)11-13-24-22(28)12-16-26-14-5-2-6-15-26/h18-21,27H,1-17H2,(H,24,28)(H,25,29)/t19-,20+,21-/m1/s1. The molecular formula is C23H41N3O4. The van der Waals surface area contributed by atoms with Gasteiger partial charge in [0.15, 0.2) is 0 Å². The molecule has 3 N–H and O–H groups in total. The fourth-order valence-electron chi connectivity index (χ4n) is 5.08. The second-order valence-corrected chi connectivity index (χ2v) is 9.30. The van der Waals surface area contributed by atoms with Gasteiger partial charge in [-0.3, -0.25) is 9.59 Å². The number of hydrogen-bond acceptors (Lipinski definition) is 5. The first-order chi connectivity index (χ1) is 14.7. The Labute approximate surface area is 181 Å². The first-order valence-corrected chi connectivity index (χ1v) is 12.2. The normalized spacial score (nSPS) is 28.8. The van der Waals surface area contributed by atoms with Crippen molar-refractivity contribution >= 4 is 11.8 Å². The van der Waals surface area contributed by atoms with Crippen LogP contribution in [0.5, 0.6) is 0 Å². The summed E-state index contributed by atoms with van der Waals surface area (Å²) in [5, 5.41) is 15.9. The molecule has 2 saturated heterocycles. The molecule has 7 nitrogen and oxygen atoms in total. The van der Waals surface area contributed by atoms with Crippen LogP contribution < -0.4 is 10.6 Å². The average molecular weight is 424 g/mol. The van der Waals surface area contributed by atoms with Crippen LogP contribution in [0.2, 0.25) is 0 Å². The van der Waals surface area contributed by atoms with E-state index in [1.807, 2.05) is 0 Å². The zero-order chi connectivity index (χ0) is 21.2. The maximum absolute atomic E-state index is 12.5. The lowest BCUT2D eigenvalue weighted by Crippen LogP contribution is -2.52. The second-order valence-electron chi connectivity index (χ2n) is 9.30. The van der Waals surface area contributed by atoms with Gasteiger partial charge in [-0.2, -0.15) is 0 Å². The van der Waals surface area contributed by atoms with Crippen LogP contribution >= 0.6 is 0 Å². The van der Waals surface area contributed by atoms with Gasteiger partial charge in [-0.1, -0.05) is 25.7 Å². The number of rotatable bonds is 9. The molecule has 0 unspecified atom stereocenters. The third kappa shape index (κ3) is 7.50. The van der Waals surface area contributed by atoms with E-state index in [0.29, 0.717) is 13.0 Å². The summed E-state index contributed by atoms with van der Waals surface area (Å²) in [5.74, 6) is 0.352. The van der Waals surface area contributed by atoms with Gasteiger partial charge in [0.2, 0.25) is 11.8 Å². The van der Waals surface area contributed by atoms with Crippen LogP contribution in [0.25, 0.3) is 0 Å². The average Bonchev–Trinajstić information content (AvgIpc) is 2.79. The molecule has 30 heavy (non-hydrogen) atoms. The van der Waals surface area contributed by atoms with Gasteiger partial charge in [-0.05, 0) is 58.0 Å². The highest BCUT2D eigenvalue weighted by Crippen LogP contribution is 2.26. The van der Waals surface area contributed by atoms with Crippen molar-refractivity contribution in [3.63, 3.8) is 0 Å². The van der Waals surface area contributed by atoms with Crippen LogP contribution in [-0.2, 0) is 14.3 Å². The zero-order valence-electron chi connectivity index (χ0n) is 18.4. The summed E-state index contributed by atoms with van der Waals surface area (Å²) in [6.45, 7) is 3.59. The first kappa shape index (κ1) is 23.5. The van der Waals surface area contributed by atoms with Crippen LogP contribution in [0.3, 0.4) is 0 Å². The van der Waals surface area contributed by atoms with Gasteiger partial charge in [-0.15, -0.1) is 0 Å². The minimum absolute atomic E-state index is 0.0207. The molecule has 0 spiro atoms. The van der Waals surface area contributed by atoms with Crippen molar-refractivity contribution in [2.45, 2.75) is 95.3 Å². The van der Waals surface area contributed by atoms with Crippen molar-refractivity contribution in [1.29, 1.82) is 0 Å². The van der Waals surface area contributed by atoms with Gasteiger partial charge in [0.05, 0.1) is 18.8 Å². The van der Waals surface area contributed by atoms with Crippen molar-refractivity contribution in [2.24, 2.45) is 5.92 Å². The van der Waals surface area contributed by atoms with Crippen molar-refractivity contribution in [3.8, 4) is 0 Å². The minimum Gasteiger partial charge on any atom is -0.394 e. The molecule has 0 aromatic rings. The third-order valence-electron chi connectivity index (χ3n) is 6.99. The summed E-state index contributed by atoms with van der Waals surface area (Å²) in [6.07, 6.45) is 11.9. The van der Waals surface area contributed by atoms with E-state index in [9.17, 15) is 14.7 Å². The van der Waals surface area contributed by atoms with Gasteiger partial charge in [-0.25, -0.2) is 0 Å². The van der Waals surface area contributed by atoms with Crippen LogP contribution in [-0.4, -0.2) is 72.9 Å². The molecule has 3 atom stereocenters. The molecule has 0 radical (unpaired) electrons. The Hall–Kier alpha value is -1.18. The van der Waals surface area contributed by atoms with Crippen molar-refractivity contribution in [3.05, 3.63) is 0 Å². The number of carbonyl (C=O) groups is 2. The summed E-state index contributed by atoms with van der Waals surface area (Å²) >= 11 is 0. The zero-order valence-corrected chi connectivity index (χ0v) is 18.4. The topological polar surface area (TPSA) is 90.9 Å². The van der Waals surface area contributed by atoms with E-state index in [4.69, 9.17) is 4.74 Å². The molecule has 0 aromatic carbocycles. The molecule has 0 aromatic heterocycles. The number of carbonyl (C=O) groups excluding carboxylic acids is 2. The van der Waals surface area contributed by atoms with Crippen LogP contribution in [0, 0.1) is 5.92 Å². The smallest absolute Gasteiger partial charge is 0.223 e. The molecule has 7 heteroatoms. The SMILES string of the molecule is O=C(CCN1CCCCC1)NCC[C@H]1CC[C@H](NC(=O)C2CCCCC2)[C@@H](CO)O1. The number of ether oxygens (including phenoxy) is 1. The van der Waals surface area contributed by atoms with Crippen LogP contribution in [0.1, 0.15) is 77.0 Å². The highest BCUT2D eigenvalue weighted by molar-refractivity contribution is 5.79. The molecule has 1 saturated carbocycles. The number of piperidine rings is 1. The Bertz CT molecular complexity index is 533. The summed E-state index contributed by atoms with van der Waals surface area (Å²) in [5.41, 5.74) is 0. The van der Waals surface area contributed by atoms with Crippen molar-refractivity contribution in [2.75, 3.05) is 32.8 Å². The molecule has 172 valence electrons. The van der Waals surface area contributed by atoms with E-state index in [1.54, 1.807) is 0 Å². The molecule has 3 aliphatic rings. The number of likely N-dealkylation sites (tertiary alicyclic amines) is 1. The molecule has 3 rings (SSSR count). The van der Waals surface area contributed by atoms with Gasteiger partial charge < -0.3 is 25.4 Å². The van der Waals surface area contributed by atoms with E-state index < -0.39 is 0 Å². The molecule has 2 amide bonds. The number of nitrogens with zero attached hydrogens (tertiary/aromatic N) is 1. The van der Waals surface area contributed by atoms with Crippen molar-refractivity contribution < 1.29 is 19.4 Å². The summed E-state index contributed by atoms with van der Waals surface area (Å²) < 4.78 is 6.05. The van der Waals surface area contributed by atoms with E-state index in [1.165, 1.54) is 25.7 Å². The van der Waals surface area contributed by atoms with Gasteiger partial charge in [0, 0.05) is 25.4 Å². The number of aliphatic hydroxyl groups excluding tert-OH is 1. The number of nitrogens with one attached hydrogen (secondary N) is 2. The monoisotopic (exact) mass is 423 g/mol. The minimum atomic E-state index is -0.355. The first-order valence-electron chi connectivity index (χ1n) is 12.2. The van der Waals surface area contributed by atoms with Crippen molar-refractivity contribution in [1.82, 2.24) is 15.5 Å². The van der Waals surface area contributed by atoms with E-state index in [-0.39, 0.29) is 42.6 Å². The van der Waals surface area contributed by atoms with E-state index >= 15 is 0 Å². The highest BCUT2D eigenvalue weighted by atomic mass is 16.5. The molecule has 2 heterocycles. The van der Waals surface area contributed by atoms with Crippen LogP contribution in [0.4, 0.5) is 0 Å². The number of hydrogen-bond donors (Lipinski definition) is 3. The lowest BCUT2D eigenvalue weighted by molar-refractivity contribution is -0.133. The predicted molar refractivity (Wildman–Crippen MR) is 116 cm³/mol. The highest BCUT2D eigenvalue weighted by Gasteiger charge is 2.33. The molecule has 2 aliphatic heterocycles. The summed E-state index contributed by atoms with van der Waals surface area (Å²) in [4.78, 5) is 27.0. The second kappa shape index (κ2) is 12.6. The number of aliphatic hydroxyl groups is 1. The van der Waals surface area contributed by atoms with E-state index in [2.05, 4.69) is 15.5 Å². The Morgan fingerprint density at radius 2 is 1.70 bits per heavy atom. The largest absolute Gasteiger partial charge is 0.394 e. The Balaban J connectivity index is 1.31. The lowest BCUT2D eigenvalue weighted by atomic mass is 9.88. The summed E-state index contributed by atoms with van der Waals surface area (Å²) in [7, 11) is 0. The molecule has 3 fully saturated rings. The molecule has 0 bridgehead atoms. The lowest BCUT2D eigenvalue weighted by Gasteiger charge is -2.37. The molecular weight excluding hydrogens is 382 g/mol. The van der Waals surface area contributed by atoms with Gasteiger partial charge in [0.1, 0.15) is 6.10 Å². The quantitative estimate of drug-likeness (QED) is 0.527. The third-order valence-corrected chi connectivity index (χ3v) is 6.99. The Kier molecular flexibility index (Phi) is 9.88. The fraction of sp³-hybridized carbons (Fsp3) is 0.913.